The second kappa shape index (κ2) is 6.40. The third-order valence-electron chi connectivity index (χ3n) is 2.11. The van der Waals surface area contributed by atoms with Gasteiger partial charge in [0.1, 0.15) is 0 Å². The molecule has 0 amide bonds. The van der Waals surface area contributed by atoms with Crippen LogP contribution in [0.4, 0.5) is 0 Å². The fourth-order valence-corrected chi connectivity index (χ4v) is 1.26. The smallest absolute Gasteiger partial charge is 0.0446 e. The summed E-state index contributed by atoms with van der Waals surface area (Å²) >= 11 is 0. The van der Waals surface area contributed by atoms with Crippen LogP contribution in [0.5, 0.6) is 0 Å². The van der Waals surface area contributed by atoms with Gasteiger partial charge in [-0.2, -0.15) is 0 Å². The summed E-state index contributed by atoms with van der Waals surface area (Å²) in [6.07, 6.45) is 0.698. The van der Waals surface area contributed by atoms with Crippen molar-refractivity contribution in [1.29, 1.82) is 0 Å². The highest BCUT2D eigenvalue weighted by atomic mass is 16.3. The Morgan fingerprint density at radius 2 is 2.00 bits per heavy atom. The third kappa shape index (κ3) is 4.70. The predicted molar refractivity (Wildman–Crippen MR) is 52.1 cm³/mol. The standard InChI is InChI=1S/C9H22N2O/c1-4-11(8(2)3)7-9(10)5-6-12/h8-9,12H,4-7,10H2,1-3H3. The lowest BCUT2D eigenvalue weighted by Crippen LogP contribution is -2.41. The van der Waals surface area contributed by atoms with Crippen LogP contribution >= 0.6 is 0 Å². The van der Waals surface area contributed by atoms with Crippen molar-refractivity contribution in [2.24, 2.45) is 5.73 Å². The molecule has 0 bridgehead atoms. The highest BCUT2D eigenvalue weighted by molar-refractivity contribution is 4.69. The molecule has 0 aromatic rings. The minimum atomic E-state index is 0.109. The highest BCUT2D eigenvalue weighted by Crippen LogP contribution is 1.99. The van der Waals surface area contributed by atoms with E-state index in [0.717, 1.165) is 13.1 Å². The second-order valence-corrected chi connectivity index (χ2v) is 3.45. The normalized spacial score (nSPS) is 14.2. The fraction of sp³-hybridized carbons (Fsp3) is 1.00. The summed E-state index contributed by atoms with van der Waals surface area (Å²) in [4.78, 5) is 2.31. The van der Waals surface area contributed by atoms with Crippen LogP contribution in [-0.2, 0) is 0 Å². The molecule has 0 aliphatic heterocycles. The Balaban J connectivity index is 3.69. The summed E-state index contributed by atoms with van der Waals surface area (Å²) in [5, 5.41) is 8.66. The Kier molecular flexibility index (Phi) is 6.34. The first-order chi connectivity index (χ1) is 5.61. The molecule has 0 saturated heterocycles. The van der Waals surface area contributed by atoms with E-state index >= 15 is 0 Å². The number of aliphatic hydroxyl groups is 1. The Hall–Kier alpha value is -0.120. The molecule has 0 heterocycles. The lowest BCUT2D eigenvalue weighted by atomic mass is 10.2. The number of likely N-dealkylation sites (N-methyl/N-ethyl adjacent to an activating group) is 1. The molecule has 1 unspecified atom stereocenters. The lowest BCUT2D eigenvalue weighted by Gasteiger charge is -2.27. The van der Waals surface area contributed by atoms with E-state index in [1.807, 2.05) is 0 Å². The predicted octanol–water partition coefficient (Wildman–Crippen LogP) is 0.426. The van der Waals surface area contributed by atoms with Crippen molar-refractivity contribution in [2.75, 3.05) is 19.7 Å². The molecule has 0 saturated carbocycles. The van der Waals surface area contributed by atoms with Crippen LogP contribution in [-0.4, -0.2) is 41.8 Å². The summed E-state index contributed by atoms with van der Waals surface area (Å²) in [6, 6.07) is 0.650. The van der Waals surface area contributed by atoms with Crippen LogP contribution in [0.25, 0.3) is 0 Å². The maximum atomic E-state index is 8.66. The van der Waals surface area contributed by atoms with E-state index in [2.05, 4.69) is 25.7 Å². The van der Waals surface area contributed by atoms with E-state index in [1.165, 1.54) is 0 Å². The maximum Gasteiger partial charge on any atom is 0.0446 e. The Morgan fingerprint density at radius 1 is 1.42 bits per heavy atom. The van der Waals surface area contributed by atoms with Gasteiger partial charge in [0.15, 0.2) is 0 Å². The summed E-state index contributed by atoms with van der Waals surface area (Å²) in [6.45, 7) is 8.55. The van der Waals surface area contributed by atoms with E-state index in [9.17, 15) is 0 Å². The topological polar surface area (TPSA) is 49.5 Å². The average Bonchev–Trinajstić information content (AvgIpc) is 2.00. The minimum Gasteiger partial charge on any atom is -0.396 e. The second-order valence-electron chi connectivity index (χ2n) is 3.45. The lowest BCUT2D eigenvalue weighted by molar-refractivity contribution is 0.199. The first-order valence-corrected chi connectivity index (χ1v) is 4.72. The van der Waals surface area contributed by atoms with Crippen molar-refractivity contribution < 1.29 is 5.11 Å². The van der Waals surface area contributed by atoms with E-state index < -0.39 is 0 Å². The molecule has 0 aliphatic carbocycles. The summed E-state index contributed by atoms with van der Waals surface area (Å²) in [5.74, 6) is 0. The van der Waals surface area contributed by atoms with Crippen molar-refractivity contribution >= 4 is 0 Å². The molecule has 3 nitrogen and oxygen atoms in total. The number of aliphatic hydroxyl groups excluding tert-OH is 1. The number of nitrogens with two attached hydrogens (primary N) is 1. The van der Waals surface area contributed by atoms with Crippen LogP contribution < -0.4 is 5.73 Å². The molecular formula is C9H22N2O. The van der Waals surface area contributed by atoms with Crippen LogP contribution in [0.1, 0.15) is 27.2 Å². The van der Waals surface area contributed by atoms with Crippen LogP contribution in [0.2, 0.25) is 0 Å². The molecule has 1 atom stereocenters. The molecule has 0 aromatic heterocycles. The summed E-state index contributed by atoms with van der Waals surface area (Å²) < 4.78 is 0. The molecule has 0 radical (unpaired) electrons. The van der Waals surface area contributed by atoms with Gasteiger partial charge in [-0.1, -0.05) is 6.92 Å². The Labute approximate surface area is 75.6 Å². The van der Waals surface area contributed by atoms with Crippen molar-refractivity contribution in [1.82, 2.24) is 4.90 Å². The largest absolute Gasteiger partial charge is 0.396 e. The van der Waals surface area contributed by atoms with Gasteiger partial charge in [-0.05, 0) is 26.8 Å². The van der Waals surface area contributed by atoms with Crippen LogP contribution in [0, 0.1) is 0 Å². The van der Waals surface area contributed by atoms with Crippen molar-refractivity contribution in [3.63, 3.8) is 0 Å². The molecule has 0 fully saturated rings. The van der Waals surface area contributed by atoms with Gasteiger partial charge in [0.2, 0.25) is 0 Å². The summed E-state index contributed by atoms with van der Waals surface area (Å²) in [7, 11) is 0. The maximum absolute atomic E-state index is 8.66. The highest BCUT2D eigenvalue weighted by Gasteiger charge is 2.10. The Bertz CT molecular complexity index is 107. The summed E-state index contributed by atoms with van der Waals surface area (Å²) in [5.41, 5.74) is 5.80. The molecule has 3 heteroatoms. The quantitative estimate of drug-likeness (QED) is 0.614. The van der Waals surface area contributed by atoms with E-state index in [1.54, 1.807) is 0 Å². The Morgan fingerprint density at radius 3 is 2.33 bits per heavy atom. The molecule has 3 N–H and O–H groups in total. The van der Waals surface area contributed by atoms with Gasteiger partial charge in [0.05, 0.1) is 0 Å². The van der Waals surface area contributed by atoms with Gasteiger partial charge in [0, 0.05) is 25.2 Å². The fourth-order valence-electron chi connectivity index (χ4n) is 1.26. The monoisotopic (exact) mass is 174 g/mol. The molecule has 0 spiro atoms. The van der Waals surface area contributed by atoms with E-state index in [0.29, 0.717) is 12.5 Å². The van der Waals surface area contributed by atoms with Crippen molar-refractivity contribution in [2.45, 2.75) is 39.3 Å². The molecular weight excluding hydrogens is 152 g/mol. The first kappa shape index (κ1) is 11.9. The first-order valence-electron chi connectivity index (χ1n) is 4.72. The average molecular weight is 174 g/mol. The van der Waals surface area contributed by atoms with Gasteiger partial charge in [-0.15, -0.1) is 0 Å². The van der Waals surface area contributed by atoms with E-state index in [4.69, 9.17) is 10.8 Å². The van der Waals surface area contributed by atoms with Crippen LogP contribution in [0.15, 0.2) is 0 Å². The zero-order valence-electron chi connectivity index (χ0n) is 8.45. The van der Waals surface area contributed by atoms with Gasteiger partial charge < -0.3 is 10.8 Å². The zero-order valence-corrected chi connectivity index (χ0v) is 8.45. The van der Waals surface area contributed by atoms with Gasteiger partial charge in [-0.3, -0.25) is 4.90 Å². The minimum absolute atomic E-state index is 0.109. The molecule has 74 valence electrons. The third-order valence-corrected chi connectivity index (χ3v) is 2.11. The number of rotatable bonds is 6. The van der Waals surface area contributed by atoms with Gasteiger partial charge >= 0.3 is 0 Å². The van der Waals surface area contributed by atoms with Crippen molar-refractivity contribution in [3.05, 3.63) is 0 Å². The van der Waals surface area contributed by atoms with Crippen molar-refractivity contribution in [3.8, 4) is 0 Å². The molecule has 0 aromatic carbocycles. The molecule has 12 heavy (non-hydrogen) atoms. The van der Waals surface area contributed by atoms with Gasteiger partial charge in [-0.25, -0.2) is 0 Å². The number of hydrogen-bond donors (Lipinski definition) is 2. The van der Waals surface area contributed by atoms with Gasteiger partial charge in [0.25, 0.3) is 0 Å². The van der Waals surface area contributed by atoms with E-state index in [-0.39, 0.29) is 12.6 Å². The molecule has 0 aliphatic rings. The molecule has 0 rings (SSSR count). The number of hydrogen-bond acceptors (Lipinski definition) is 3. The SMILES string of the molecule is CCN(CC(N)CCO)C(C)C. The van der Waals surface area contributed by atoms with Crippen LogP contribution in [0.3, 0.4) is 0 Å². The number of nitrogens with zero attached hydrogens (tertiary/aromatic N) is 1. The zero-order chi connectivity index (χ0) is 9.56.